The van der Waals surface area contributed by atoms with Gasteiger partial charge in [0.25, 0.3) is 5.91 Å². The van der Waals surface area contributed by atoms with Gasteiger partial charge >= 0.3 is 0 Å². The van der Waals surface area contributed by atoms with E-state index in [4.69, 9.17) is 4.42 Å². The number of furan rings is 1. The van der Waals surface area contributed by atoms with Gasteiger partial charge in [0, 0.05) is 38.5 Å². The molecule has 2 heterocycles. The molecule has 0 aliphatic carbocycles. The van der Waals surface area contributed by atoms with Crippen LogP contribution in [0.1, 0.15) is 17.5 Å². The molecule has 1 aliphatic rings. The molecule has 0 radical (unpaired) electrons. The Morgan fingerprint density at radius 1 is 1.36 bits per heavy atom. The number of aliphatic imine (C=N–C) groups is 1. The predicted molar refractivity (Wildman–Crippen MR) is 90.5 cm³/mol. The van der Waals surface area contributed by atoms with Crippen molar-refractivity contribution in [2.24, 2.45) is 4.99 Å². The van der Waals surface area contributed by atoms with E-state index in [9.17, 15) is 4.79 Å². The van der Waals surface area contributed by atoms with Crippen molar-refractivity contribution in [3.63, 3.8) is 0 Å². The number of nitrogens with one attached hydrogen (secondary N) is 1. The molecule has 122 valence electrons. The highest BCUT2D eigenvalue weighted by Crippen LogP contribution is 2.09. The summed E-state index contributed by atoms with van der Waals surface area (Å²) < 4.78 is 5.18. The average Bonchev–Trinajstić information content (AvgIpc) is 3.08. The molecule has 1 fully saturated rings. The van der Waals surface area contributed by atoms with Gasteiger partial charge in [0.1, 0.15) is 0 Å². The maximum absolute atomic E-state index is 12.2. The van der Waals surface area contributed by atoms with E-state index in [2.05, 4.69) is 28.4 Å². The summed E-state index contributed by atoms with van der Waals surface area (Å²) >= 11 is 1.79. The van der Waals surface area contributed by atoms with Crippen LogP contribution in [0.5, 0.6) is 0 Å². The largest absolute Gasteiger partial charge is 0.459 e. The fraction of sp³-hybridized carbons (Fsp3) is 0.600. The summed E-state index contributed by atoms with van der Waals surface area (Å²) in [5, 5.41) is 3.33. The second kappa shape index (κ2) is 8.73. The minimum atomic E-state index is -0.0334. The summed E-state index contributed by atoms with van der Waals surface area (Å²) in [5.41, 5.74) is 0. The Hall–Kier alpha value is -1.63. The van der Waals surface area contributed by atoms with Gasteiger partial charge < -0.3 is 19.5 Å². The first-order valence-electron chi connectivity index (χ1n) is 7.61. The lowest BCUT2D eigenvalue weighted by Gasteiger charge is -2.36. The summed E-state index contributed by atoms with van der Waals surface area (Å²) in [6, 6.07) is 3.45. The van der Waals surface area contributed by atoms with E-state index < -0.39 is 0 Å². The standard InChI is InChI=1S/C15H24N4O2S/c1-3-16-15(17-6-12-22-2)19-9-7-18(8-10-19)14(20)13-5-4-11-21-13/h4-5,11H,3,6-10,12H2,1-2H3,(H,16,17). The fourth-order valence-electron chi connectivity index (χ4n) is 2.35. The summed E-state index contributed by atoms with van der Waals surface area (Å²) in [6.45, 7) is 6.69. The topological polar surface area (TPSA) is 61.1 Å². The molecule has 2 rings (SSSR count). The van der Waals surface area contributed by atoms with E-state index in [-0.39, 0.29) is 5.91 Å². The first kappa shape index (κ1) is 16.7. The second-order valence-electron chi connectivity index (χ2n) is 4.99. The lowest BCUT2D eigenvalue weighted by atomic mass is 10.3. The van der Waals surface area contributed by atoms with Crippen molar-refractivity contribution in [1.29, 1.82) is 0 Å². The minimum Gasteiger partial charge on any atom is -0.459 e. The van der Waals surface area contributed by atoms with Crippen LogP contribution in [0.4, 0.5) is 0 Å². The van der Waals surface area contributed by atoms with Gasteiger partial charge in [-0.2, -0.15) is 11.8 Å². The van der Waals surface area contributed by atoms with Crippen molar-refractivity contribution >= 4 is 23.6 Å². The van der Waals surface area contributed by atoms with Gasteiger partial charge in [0.15, 0.2) is 11.7 Å². The van der Waals surface area contributed by atoms with Crippen molar-refractivity contribution in [3.8, 4) is 0 Å². The summed E-state index contributed by atoms with van der Waals surface area (Å²) in [6.07, 6.45) is 3.62. The van der Waals surface area contributed by atoms with Gasteiger partial charge in [-0.1, -0.05) is 0 Å². The number of piperazine rings is 1. The van der Waals surface area contributed by atoms with Crippen LogP contribution in [0.25, 0.3) is 0 Å². The van der Waals surface area contributed by atoms with E-state index in [0.29, 0.717) is 18.8 Å². The van der Waals surface area contributed by atoms with E-state index in [1.54, 1.807) is 23.9 Å². The number of carbonyl (C=O) groups is 1. The molecule has 6 nitrogen and oxygen atoms in total. The van der Waals surface area contributed by atoms with E-state index >= 15 is 0 Å². The third-order valence-corrected chi connectivity index (χ3v) is 4.08. The van der Waals surface area contributed by atoms with Crippen LogP contribution in [-0.2, 0) is 0 Å². The Kier molecular flexibility index (Phi) is 6.64. The molecular formula is C15H24N4O2S. The van der Waals surface area contributed by atoms with Crippen LogP contribution < -0.4 is 5.32 Å². The second-order valence-corrected chi connectivity index (χ2v) is 5.97. The summed E-state index contributed by atoms with van der Waals surface area (Å²) in [5.74, 6) is 2.34. The molecule has 0 unspecified atom stereocenters. The molecule has 0 atom stereocenters. The van der Waals surface area contributed by atoms with Crippen molar-refractivity contribution in [2.75, 3.05) is 51.3 Å². The van der Waals surface area contributed by atoms with Gasteiger partial charge in [0.2, 0.25) is 0 Å². The quantitative estimate of drug-likeness (QED) is 0.503. The molecule has 1 aromatic rings. The normalized spacial score (nSPS) is 16.0. The zero-order valence-electron chi connectivity index (χ0n) is 13.2. The lowest BCUT2D eigenvalue weighted by Crippen LogP contribution is -2.53. The van der Waals surface area contributed by atoms with Gasteiger partial charge in [-0.05, 0) is 25.3 Å². The van der Waals surface area contributed by atoms with Crippen molar-refractivity contribution in [2.45, 2.75) is 6.92 Å². The van der Waals surface area contributed by atoms with Gasteiger partial charge in [-0.25, -0.2) is 0 Å². The Labute approximate surface area is 135 Å². The van der Waals surface area contributed by atoms with E-state index in [1.807, 2.05) is 4.90 Å². The molecule has 1 saturated heterocycles. The Morgan fingerprint density at radius 2 is 2.09 bits per heavy atom. The minimum absolute atomic E-state index is 0.0334. The predicted octanol–water partition coefficient (Wildman–Crippen LogP) is 1.37. The summed E-state index contributed by atoms with van der Waals surface area (Å²) in [7, 11) is 0. The maximum Gasteiger partial charge on any atom is 0.289 e. The maximum atomic E-state index is 12.2. The highest BCUT2D eigenvalue weighted by atomic mass is 32.2. The molecule has 7 heteroatoms. The average molecular weight is 324 g/mol. The molecule has 0 aromatic carbocycles. The number of carbonyl (C=O) groups excluding carboxylic acids is 1. The highest BCUT2D eigenvalue weighted by Gasteiger charge is 2.24. The highest BCUT2D eigenvalue weighted by molar-refractivity contribution is 7.98. The number of thioether (sulfide) groups is 1. The van der Waals surface area contributed by atoms with Gasteiger partial charge in [0.05, 0.1) is 12.8 Å². The van der Waals surface area contributed by atoms with Crippen LogP contribution in [0.15, 0.2) is 27.8 Å². The Morgan fingerprint density at radius 3 is 2.68 bits per heavy atom. The molecule has 22 heavy (non-hydrogen) atoms. The molecule has 0 spiro atoms. The third kappa shape index (κ3) is 4.43. The third-order valence-electron chi connectivity index (χ3n) is 3.49. The first-order valence-corrected chi connectivity index (χ1v) is 9.00. The number of guanidine groups is 1. The molecule has 1 amide bonds. The molecule has 1 aliphatic heterocycles. The van der Waals surface area contributed by atoms with Gasteiger partial charge in [-0.3, -0.25) is 9.79 Å². The molecule has 0 saturated carbocycles. The van der Waals surface area contributed by atoms with Crippen LogP contribution in [0.3, 0.4) is 0 Å². The number of hydrogen-bond acceptors (Lipinski definition) is 4. The van der Waals surface area contributed by atoms with E-state index in [0.717, 1.165) is 37.9 Å². The smallest absolute Gasteiger partial charge is 0.289 e. The Bertz CT molecular complexity index is 482. The zero-order valence-corrected chi connectivity index (χ0v) is 14.1. The fourth-order valence-corrected chi connectivity index (χ4v) is 2.62. The first-order chi connectivity index (χ1) is 10.8. The Balaban J connectivity index is 1.89. The lowest BCUT2D eigenvalue weighted by molar-refractivity contribution is 0.0657. The van der Waals surface area contributed by atoms with Crippen LogP contribution in [0, 0.1) is 0 Å². The van der Waals surface area contributed by atoms with Crippen molar-refractivity contribution < 1.29 is 9.21 Å². The molecule has 1 N–H and O–H groups in total. The van der Waals surface area contributed by atoms with E-state index in [1.165, 1.54) is 6.26 Å². The van der Waals surface area contributed by atoms with Crippen LogP contribution in [0.2, 0.25) is 0 Å². The zero-order chi connectivity index (χ0) is 15.8. The van der Waals surface area contributed by atoms with Crippen molar-refractivity contribution in [1.82, 2.24) is 15.1 Å². The molecular weight excluding hydrogens is 300 g/mol. The number of hydrogen-bond donors (Lipinski definition) is 1. The van der Waals surface area contributed by atoms with Crippen LogP contribution in [-0.4, -0.2) is 72.9 Å². The number of amides is 1. The molecule has 0 bridgehead atoms. The monoisotopic (exact) mass is 324 g/mol. The number of nitrogens with zero attached hydrogens (tertiary/aromatic N) is 3. The summed E-state index contributed by atoms with van der Waals surface area (Å²) in [4.78, 5) is 20.9. The number of rotatable bonds is 5. The van der Waals surface area contributed by atoms with Gasteiger partial charge in [-0.15, -0.1) is 0 Å². The van der Waals surface area contributed by atoms with Crippen LogP contribution >= 0.6 is 11.8 Å². The SMILES string of the molecule is CCNC(=NCCSC)N1CCN(C(=O)c2ccco2)CC1. The molecule has 1 aromatic heterocycles. The van der Waals surface area contributed by atoms with Crippen molar-refractivity contribution in [3.05, 3.63) is 24.2 Å².